The minimum Gasteiger partial charge on any atom is -0.743 e. The molecule has 0 aromatic heterocycles. The van der Waals surface area contributed by atoms with Crippen LogP contribution in [0.5, 0.6) is 0 Å². The zero-order valence-electron chi connectivity index (χ0n) is 22.4. The molecule has 0 aromatic carbocycles. The molecule has 1 rings (SSSR count). The molecule has 45 heavy (non-hydrogen) atoms. The van der Waals surface area contributed by atoms with Crippen molar-refractivity contribution in [2.45, 2.75) is 98.8 Å². The molecule has 0 aliphatic carbocycles. The molecule has 0 N–H and O–H groups in total. The van der Waals surface area contributed by atoms with Crippen LogP contribution in [0.3, 0.4) is 0 Å². The molecule has 1 fully saturated rings. The van der Waals surface area contributed by atoms with E-state index in [4.69, 9.17) is 0 Å². The number of alkyl halides is 17. The minimum absolute atomic E-state index is 0.227. The van der Waals surface area contributed by atoms with Crippen LogP contribution >= 0.6 is 0 Å². The molecule has 1 saturated heterocycles. The van der Waals surface area contributed by atoms with Crippen molar-refractivity contribution < 1.29 is 97.2 Å². The second-order valence-corrected chi connectivity index (χ2v) is 13.2. The first kappa shape index (κ1) is 43.4. The predicted octanol–water partition coefficient (Wildman–Crippen LogP) is 7.01. The third kappa shape index (κ3) is 8.47. The predicted molar refractivity (Wildman–Crippen MR) is 120 cm³/mol. The summed E-state index contributed by atoms with van der Waals surface area (Å²) in [6.07, 6.45) is -0.989. The molecule has 1 aliphatic rings. The van der Waals surface area contributed by atoms with Gasteiger partial charge in [-0.1, -0.05) is 26.2 Å². The van der Waals surface area contributed by atoms with Crippen LogP contribution in [-0.2, 0) is 30.6 Å². The van der Waals surface area contributed by atoms with Crippen molar-refractivity contribution in [3.8, 4) is 0 Å². The molecule has 0 saturated carbocycles. The van der Waals surface area contributed by atoms with Gasteiger partial charge in [-0.3, -0.25) is 9.59 Å². The lowest BCUT2D eigenvalue weighted by atomic mass is 9.91. The van der Waals surface area contributed by atoms with Crippen LogP contribution in [0.25, 0.3) is 0 Å². The number of carbonyl (C=O) groups is 2. The highest BCUT2D eigenvalue weighted by atomic mass is 32.2. The van der Waals surface area contributed by atoms with Gasteiger partial charge in [-0.15, -0.1) is 0 Å². The van der Waals surface area contributed by atoms with Gasteiger partial charge in [0, 0.05) is 6.42 Å². The fourth-order valence-corrected chi connectivity index (χ4v) is 5.81. The topological polar surface area (TPSA) is 91.3 Å². The van der Waals surface area contributed by atoms with Gasteiger partial charge >= 0.3 is 47.0 Å². The summed E-state index contributed by atoms with van der Waals surface area (Å²) in [5.74, 6) is -48.6. The normalized spacial score (nSPS) is 17.2. The van der Waals surface area contributed by atoms with E-state index in [1.54, 1.807) is 0 Å². The molecule has 24 heteroatoms. The van der Waals surface area contributed by atoms with Crippen LogP contribution in [0.2, 0.25) is 0 Å². The van der Waals surface area contributed by atoms with Crippen molar-refractivity contribution >= 4 is 32.6 Å². The molecule has 0 spiro atoms. The molecular weight excluding hydrogens is 719 g/mol. The van der Waals surface area contributed by atoms with Crippen molar-refractivity contribution in [2.24, 2.45) is 0 Å². The summed E-state index contributed by atoms with van der Waals surface area (Å²) in [7, 11) is -7.92. The van der Waals surface area contributed by atoms with Crippen molar-refractivity contribution in [3.05, 3.63) is 0 Å². The van der Waals surface area contributed by atoms with Crippen molar-refractivity contribution in [1.82, 2.24) is 0 Å². The first-order valence-electron chi connectivity index (χ1n) is 12.1. The van der Waals surface area contributed by atoms with E-state index in [9.17, 15) is 97.2 Å². The Kier molecular flexibility index (Phi) is 13.8. The number of halogens is 17. The molecule has 0 unspecified atom stereocenters. The summed E-state index contributed by atoms with van der Waals surface area (Å²) in [6.45, 7) is 2.18. The Morgan fingerprint density at radius 3 is 1.40 bits per heavy atom. The van der Waals surface area contributed by atoms with Crippen LogP contribution in [0.1, 0.15) is 51.9 Å². The highest BCUT2D eigenvalue weighted by Crippen LogP contribution is 2.64. The first-order valence-corrected chi connectivity index (χ1v) is 15.2. The number of hydrogen-bond donors (Lipinski definition) is 0. The second-order valence-electron chi connectivity index (χ2n) is 9.47. The maximum absolute atomic E-state index is 13.0. The third-order valence-electron chi connectivity index (χ3n) is 6.02. The van der Waals surface area contributed by atoms with Crippen LogP contribution < -0.4 is 0 Å². The Hall–Kier alpha value is -1.59. The van der Waals surface area contributed by atoms with Gasteiger partial charge in [0.15, 0.2) is 21.7 Å². The van der Waals surface area contributed by atoms with E-state index in [-0.39, 0.29) is 10.9 Å². The Balaban J connectivity index is 0.00000101. The highest BCUT2D eigenvalue weighted by Gasteiger charge is 2.95. The van der Waals surface area contributed by atoms with E-state index < -0.39 is 57.1 Å². The summed E-state index contributed by atoms with van der Waals surface area (Å²) < 4.78 is 244. The van der Waals surface area contributed by atoms with E-state index in [2.05, 4.69) is 6.92 Å². The largest absolute Gasteiger partial charge is 0.743 e. The lowest BCUT2D eigenvalue weighted by molar-refractivity contribution is -0.458. The average molecular weight is 743 g/mol. The van der Waals surface area contributed by atoms with Crippen LogP contribution in [0, 0.1) is 0 Å². The summed E-state index contributed by atoms with van der Waals surface area (Å²) in [4.78, 5) is 22.7. The number of Topliss-reactive ketones (excluding diaryl/α,β-unsaturated/α-hetero) is 2. The van der Waals surface area contributed by atoms with E-state index in [0.717, 1.165) is 30.1 Å². The maximum atomic E-state index is 13.0. The van der Waals surface area contributed by atoms with Crippen molar-refractivity contribution in [3.63, 3.8) is 0 Å². The van der Waals surface area contributed by atoms with Gasteiger partial charge < -0.3 is 4.55 Å². The number of rotatable bonds is 14. The Morgan fingerprint density at radius 2 is 1.04 bits per heavy atom. The van der Waals surface area contributed by atoms with E-state index in [1.165, 1.54) is 19.3 Å². The Labute approximate surface area is 246 Å². The van der Waals surface area contributed by atoms with Gasteiger partial charge in [-0.2, -0.15) is 74.6 Å². The number of carbonyl (C=O) groups excluding carboxylic acids is 2. The fraction of sp³-hybridized carbons (Fsp3) is 0.905. The van der Waals surface area contributed by atoms with Crippen molar-refractivity contribution in [2.75, 3.05) is 17.3 Å². The number of ketones is 2. The van der Waals surface area contributed by atoms with Gasteiger partial charge in [0.05, 0.1) is 12.8 Å². The standard InChI is InChI=1S/C13H23O2S.C8HF17O3S/c1-2-3-4-5-6-13(15)11-16-9-7-12(14)8-10-16;9-1(10,3(13,14)5(17,18)7(21,22)23)2(11,12)4(15,16)6(19,20)8(24,25)29(26,27)28/h2-11H2,1H3;(H,26,27,28)/q+1;/p-1. The summed E-state index contributed by atoms with van der Waals surface area (Å²) in [6, 6.07) is 0. The molecule has 268 valence electrons. The van der Waals surface area contributed by atoms with Crippen LogP contribution in [0.15, 0.2) is 0 Å². The van der Waals surface area contributed by atoms with Gasteiger partial charge in [-0.25, -0.2) is 8.42 Å². The second kappa shape index (κ2) is 14.3. The highest BCUT2D eigenvalue weighted by molar-refractivity contribution is 7.97. The molecule has 0 radical (unpaired) electrons. The van der Waals surface area contributed by atoms with Gasteiger partial charge in [0.2, 0.25) is 0 Å². The molecular formula is C21H23F17O5S2. The molecule has 0 bridgehead atoms. The zero-order valence-corrected chi connectivity index (χ0v) is 24.0. The minimum atomic E-state index is -8.92. The zero-order chi connectivity index (χ0) is 36.3. The lowest BCUT2D eigenvalue weighted by Gasteiger charge is -2.42. The number of hydrogen-bond acceptors (Lipinski definition) is 5. The molecule has 5 nitrogen and oxygen atoms in total. The average Bonchev–Trinajstić information content (AvgIpc) is 2.86. The quantitative estimate of drug-likeness (QED) is 0.0828. The van der Waals surface area contributed by atoms with Crippen LogP contribution in [0.4, 0.5) is 74.6 Å². The molecule has 1 heterocycles. The van der Waals surface area contributed by atoms with E-state index >= 15 is 0 Å². The molecule has 0 atom stereocenters. The van der Waals surface area contributed by atoms with Crippen LogP contribution in [-0.4, -0.2) is 88.8 Å². The maximum Gasteiger partial charge on any atom is 0.460 e. The fourth-order valence-electron chi connectivity index (χ4n) is 3.24. The van der Waals surface area contributed by atoms with Gasteiger partial charge in [0.1, 0.15) is 17.3 Å². The SMILES string of the molecule is CCCCCCC(=O)C[S+]1CCC(=O)CC1.O=S(=O)([O-])C(F)(F)C(F)(F)C(F)(F)C(F)(F)C(F)(F)C(F)(F)C(F)(F)C(F)(F)F. The molecule has 0 aromatic rings. The van der Waals surface area contributed by atoms with Gasteiger partial charge in [0.25, 0.3) is 0 Å². The lowest BCUT2D eigenvalue weighted by Crippen LogP contribution is -2.75. The monoisotopic (exact) mass is 742 g/mol. The molecule has 0 amide bonds. The summed E-state index contributed by atoms with van der Waals surface area (Å²) in [5, 5.41) is -7.95. The molecule has 1 aliphatic heterocycles. The van der Waals surface area contributed by atoms with Gasteiger partial charge in [-0.05, 0) is 17.3 Å². The Morgan fingerprint density at radius 1 is 0.667 bits per heavy atom. The van der Waals surface area contributed by atoms with Crippen molar-refractivity contribution in [1.29, 1.82) is 0 Å². The third-order valence-corrected chi connectivity index (χ3v) is 9.20. The first-order chi connectivity index (χ1) is 19.7. The summed E-state index contributed by atoms with van der Waals surface area (Å²) in [5.41, 5.74) is 0. The number of unbranched alkanes of at least 4 members (excludes halogenated alkanes) is 3. The summed E-state index contributed by atoms with van der Waals surface area (Å²) >= 11 is 0. The van der Waals surface area contributed by atoms with E-state index in [0.29, 0.717) is 24.4 Å². The smallest absolute Gasteiger partial charge is 0.460 e. The Bertz CT molecular complexity index is 1130. The van der Waals surface area contributed by atoms with E-state index in [1.807, 2.05) is 0 Å².